The molecule has 0 saturated carbocycles. The largest absolute Gasteiger partial charge is 1.00 e. The first-order valence-electron chi connectivity index (χ1n) is 4.28. The Morgan fingerprint density at radius 3 is 2.18 bits per heavy atom. The van der Waals surface area contributed by atoms with E-state index in [0.717, 1.165) is 0 Å². The summed E-state index contributed by atoms with van der Waals surface area (Å²) in [6, 6.07) is 5.19. The Kier molecular flexibility index (Phi) is 6.06. The van der Waals surface area contributed by atoms with Crippen LogP contribution in [0.5, 0.6) is 0 Å². The molecule has 0 aromatic heterocycles. The van der Waals surface area contributed by atoms with Crippen molar-refractivity contribution in [1.29, 1.82) is 0 Å². The smallest absolute Gasteiger partial charge is 0.367 e. The van der Waals surface area contributed by atoms with Gasteiger partial charge in [0.1, 0.15) is 0 Å². The summed E-state index contributed by atoms with van der Waals surface area (Å²) >= 11 is 0. The minimum Gasteiger partial charge on any atom is -0.367 e. The van der Waals surface area contributed by atoms with E-state index in [4.69, 9.17) is 4.55 Å². The van der Waals surface area contributed by atoms with Crippen LogP contribution < -0.4 is 34.9 Å². The Hall–Kier alpha value is -0.670. The first-order valence-corrected chi connectivity index (χ1v) is 5.78. The molecule has 0 amide bonds. The van der Waals surface area contributed by atoms with Gasteiger partial charge in [-0.15, -0.1) is 0 Å². The van der Waals surface area contributed by atoms with E-state index in [9.17, 15) is 18.5 Å². The first kappa shape index (κ1) is 16.3. The number of nitro groups is 1. The van der Waals surface area contributed by atoms with E-state index in [1.807, 2.05) is 0 Å². The fourth-order valence-corrected chi connectivity index (χ4v) is 1.27. The van der Waals surface area contributed by atoms with Crippen LogP contribution in [0.1, 0.15) is 6.92 Å². The number of benzene rings is 1. The summed E-state index contributed by atoms with van der Waals surface area (Å²) in [6.45, 7) is 1.26. The SMILES string of the molecule is CC(Nc1ccc([N+](=O)[O-])cc1)S(=O)(=O)O.[Na+]. The van der Waals surface area contributed by atoms with Gasteiger partial charge in [0.25, 0.3) is 15.8 Å². The molecular formula is C8H10N2NaO5S+. The Bertz CT molecular complexity index is 487. The standard InChI is InChI=1S/C8H10N2O5S.Na/c1-6(16(13,14)15)9-7-2-4-8(5-3-7)10(11)12;/h2-6,9H,1H3,(H,13,14,15);/q;+1. The maximum Gasteiger partial charge on any atom is 1.00 e. The average Bonchev–Trinajstić information content (AvgIpc) is 2.17. The number of nitrogens with one attached hydrogen (secondary N) is 1. The molecule has 1 aromatic rings. The third-order valence-corrected chi connectivity index (χ3v) is 2.91. The Morgan fingerprint density at radius 1 is 1.35 bits per heavy atom. The molecule has 1 atom stereocenters. The minimum atomic E-state index is -4.17. The summed E-state index contributed by atoms with van der Waals surface area (Å²) < 4.78 is 30.1. The fraction of sp³-hybridized carbons (Fsp3) is 0.250. The van der Waals surface area contributed by atoms with Gasteiger partial charge in [-0.25, -0.2) is 0 Å². The molecule has 0 aliphatic rings. The molecule has 0 fully saturated rings. The third-order valence-electron chi connectivity index (χ3n) is 1.89. The summed E-state index contributed by atoms with van der Waals surface area (Å²) in [5.41, 5.74) is 0.279. The summed E-state index contributed by atoms with van der Waals surface area (Å²) in [4.78, 5) is 9.78. The number of rotatable bonds is 4. The minimum absolute atomic E-state index is 0. The van der Waals surface area contributed by atoms with Crippen LogP contribution >= 0.6 is 0 Å². The van der Waals surface area contributed by atoms with Crippen LogP contribution in [0.4, 0.5) is 11.4 Å². The van der Waals surface area contributed by atoms with Gasteiger partial charge in [0.05, 0.1) is 4.92 Å². The van der Waals surface area contributed by atoms with Gasteiger partial charge in [-0.3, -0.25) is 14.7 Å². The Balaban J connectivity index is 0.00000256. The van der Waals surface area contributed by atoms with Crippen LogP contribution in [0.15, 0.2) is 24.3 Å². The van der Waals surface area contributed by atoms with Crippen LogP contribution in [-0.2, 0) is 10.1 Å². The van der Waals surface area contributed by atoms with Crippen LogP contribution in [0.25, 0.3) is 0 Å². The van der Waals surface area contributed by atoms with Crippen LogP contribution in [-0.4, -0.2) is 23.3 Å². The second kappa shape index (κ2) is 6.31. The molecule has 0 aliphatic heterocycles. The van der Waals surface area contributed by atoms with Gasteiger partial charge in [0, 0.05) is 17.8 Å². The van der Waals surface area contributed by atoms with Gasteiger partial charge in [-0.2, -0.15) is 8.42 Å². The van der Waals surface area contributed by atoms with E-state index in [-0.39, 0.29) is 35.2 Å². The summed E-state index contributed by atoms with van der Waals surface area (Å²) in [5, 5.41) is 11.7. The number of anilines is 1. The van der Waals surface area contributed by atoms with Gasteiger partial charge >= 0.3 is 29.6 Å². The zero-order chi connectivity index (χ0) is 12.3. The Labute approximate surface area is 120 Å². The molecule has 0 radical (unpaired) electrons. The summed E-state index contributed by atoms with van der Waals surface area (Å²) in [6.07, 6.45) is 0. The van der Waals surface area contributed by atoms with Crippen LogP contribution in [0.2, 0.25) is 0 Å². The van der Waals surface area contributed by atoms with E-state index in [0.29, 0.717) is 5.69 Å². The molecular weight excluding hydrogens is 259 g/mol. The van der Waals surface area contributed by atoms with E-state index in [1.54, 1.807) is 0 Å². The van der Waals surface area contributed by atoms with Gasteiger partial charge in [0.15, 0.2) is 5.37 Å². The van der Waals surface area contributed by atoms with Gasteiger partial charge in [-0.1, -0.05) is 0 Å². The third kappa shape index (κ3) is 5.00. The normalized spacial score (nSPS) is 12.4. The van der Waals surface area contributed by atoms with Gasteiger partial charge < -0.3 is 5.32 Å². The molecule has 1 rings (SSSR count). The monoisotopic (exact) mass is 269 g/mol. The summed E-state index contributed by atoms with van der Waals surface area (Å²) in [5.74, 6) is 0. The molecule has 2 N–H and O–H groups in total. The van der Waals surface area contributed by atoms with Gasteiger partial charge in [0.2, 0.25) is 0 Å². The predicted molar refractivity (Wildman–Crippen MR) is 57.7 cm³/mol. The number of non-ortho nitro benzene ring substituents is 1. The molecule has 0 saturated heterocycles. The topological polar surface area (TPSA) is 110 Å². The molecule has 0 aliphatic carbocycles. The van der Waals surface area contributed by atoms with Crippen LogP contribution in [0.3, 0.4) is 0 Å². The second-order valence-electron chi connectivity index (χ2n) is 3.11. The van der Waals surface area contributed by atoms with Crippen molar-refractivity contribution >= 4 is 21.5 Å². The number of hydrogen-bond acceptors (Lipinski definition) is 5. The molecule has 7 nitrogen and oxygen atoms in total. The number of hydrogen-bond donors (Lipinski definition) is 2. The molecule has 0 heterocycles. The summed E-state index contributed by atoms with van der Waals surface area (Å²) in [7, 11) is -4.17. The Morgan fingerprint density at radius 2 is 1.82 bits per heavy atom. The van der Waals surface area contributed by atoms with E-state index in [2.05, 4.69) is 5.32 Å². The van der Waals surface area contributed by atoms with E-state index in [1.165, 1.54) is 31.2 Å². The van der Waals surface area contributed by atoms with Gasteiger partial charge in [-0.05, 0) is 19.1 Å². The maximum absolute atomic E-state index is 10.7. The molecule has 0 bridgehead atoms. The second-order valence-corrected chi connectivity index (χ2v) is 4.84. The fourth-order valence-electron chi connectivity index (χ4n) is 0.989. The number of nitro benzene ring substituents is 1. The van der Waals surface area contributed by atoms with Crippen LogP contribution in [0, 0.1) is 10.1 Å². The molecule has 1 unspecified atom stereocenters. The zero-order valence-corrected chi connectivity index (χ0v) is 12.1. The molecule has 88 valence electrons. The van der Waals surface area contributed by atoms with Crippen molar-refractivity contribution in [2.24, 2.45) is 0 Å². The van der Waals surface area contributed by atoms with Crippen molar-refractivity contribution in [1.82, 2.24) is 0 Å². The average molecular weight is 269 g/mol. The van der Waals surface area contributed by atoms with Crippen molar-refractivity contribution in [3.63, 3.8) is 0 Å². The van der Waals surface area contributed by atoms with Crippen molar-refractivity contribution in [3.8, 4) is 0 Å². The first-order chi connectivity index (χ1) is 7.30. The predicted octanol–water partition coefficient (Wildman–Crippen LogP) is -1.76. The molecule has 0 spiro atoms. The van der Waals surface area contributed by atoms with E-state index >= 15 is 0 Å². The van der Waals surface area contributed by atoms with Crippen molar-refractivity contribution in [2.75, 3.05) is 5.32 Å². The quantitative estimate of drug-likeness (QED) is 0.290. The maximum atomic E-state index is 10.7. The van der Waals surface area contributed by atoms with Crippen molar-refractivity contribution < 1.29 is 47.5 Å². The van der Waals surface area contributed by atoms with Crippen molar-refractivity contribution in [2.45, 2.75) is 12.3 Å². The molecule has 9 heteroatoms. The molecule has 17 heavy (non-hydrogen) atoms. The van der Waals surface area contributed by atoms with E-state index < -0.39 is 20.4 Å². The zero-order valence-electron chi connectivity index (χ0n) is 9.32. The van der Waals surface area contributed by atoms with Crippen molar-refractivity contribution in [3.05, 3.63) is 34.4 Å². The molecule has 1 aromatic carbocycles. The number of nitrogens with zero attached hydrogens (tertiary/aromatic N) is 1.